The molecule has 0 heterocycles. The summed E-state index contributed by atoms with van der Waals surface area (Å²) in [7, 11) is 0. The molecule has 1 aromatic carbocycles. The first-order chi connectivity index (χ1) is 9.82. The summed E-state index contributed by atoms with van der Waals surface area (Å²) in [5.74, 6) is -0.442. The van der Waals surface area contributed by atoms with Gasteiger partial charge >= 0.3 is 12.0 Å². The number of esters is 1. The average molecular weight is 292 g/mol. The fourth-order valence-electron chi connectivity index (χ4n) is 1.76. The molecule has 21 heavy (non-hydrogen) atoms. The molecule has 0 radical (unpaired) electrons. The Bertz CT molecular complexity index is 493. The number of urea groups is 1. The maximum atomic E-state index is 11.6. The number of nitrogens with one attached hydrogen (secondary N) is 2. The first-order valence-electron chi connectivity index (χ1n) is 7.09. The molecule has 0 atom stereocenters. The van der Waals surface area contributed by atoms with Crippen LogP contribution < -0.4 is 10.6 Å². The molecule has 1 aromatic rings. The Kier molecular flexibility index (Phi) is 6.21. The summed E-state index contributed by atoms with van der Waals surface area (Å²) in [6.07, 6.45) is 0. The molecule has 1 rings (SSSR count). The van der Waals surface area contributed by atoms with Crippen LogP contribution in [0, 0.1) is 0 Å². The van der Waals surface area contributed by atoms with Crippen molar-refractivity contribution < 1.29 is 14.3 Å². The van der Waals surface area contributed by atoms with Gasteiger partial charge in [0.2, 0.25) is 0 Å². The highest BCUT2D eigenvalue weighted by Crippen LogP contribution is 2.22. The lowest BCUT2D eigenvalue weighted by Crippen LogP contribution is -2.38. The second-order valence-electron chi connectivity index (χ2n) is 5.79. The first-order valence-corrected chi connectivity index (χ1v) is 7.09. The minimum Gasteiger partial charge on any atom is -0.465 e. The zero-order valence-electron chi connectivity index (χ0n) is 13.2. The highest BCUT2D eigenvalue weighted by atomic mass is 16.5. The van der Waals surface area contributed by atoms with Gasteiger partial charge in [0.25, 0.3) is 0 Å². The number of ether oxygens (including phenoxy) is 1. The van der Waals surface area contributed by atoms with Crippen molar-refractivity contribution in [2.24, 2.45) is 0 Å². The maximum absolute atomic E-state index is 11.6. The summed E-state index contributed by atoms with van der Waals surface area (Å²) in [4.78, 5) is 22.7. The molecule has 0 spiro atoms. The van der Waals surface area contributed by atoms with Gasteiger partial charge in [-0.2, -0.15) is 0 Å². The van der Waals surface area contributed by atoms with E-state index in [9.17, 15) is 9.59 Å². The van der Waals surface area contributed by atoms with Crippen LogP contribution in [-0.2, 0) is 21.5 Å². The third-order valence-corrected chi connectivity index (χ3v) is 2.94. The van der Waals surface area contributed by atoms with Crippen LogP contribution in [-0.4, -0.2) is 25.2 Å². The monoisotopic (exact) mass is 292 g/mol. The van der Waals surface area contributed by atoms with Crippen LogP contribution in [0.3, 0.4) is 0 Å². The Morgan fingerprint density at radius 2 is 1.90 bits per heavy atom. The number of carbonyl (C=O) groups excluding carboxylic acids is 2. The van der Waals surface area contributed by atoms with E-state index in [-0.39, 0.29) is 18.0 Å². The third kappa shape index (κ3) is 6.29. The van der Waals surface area contributed by atoms with Crippen molar-refractivity contribution in [3.05, 3.63) is 35.4 Å². The summed E-state index contributed by atoms with van der Waals surface area (Å²) in [5, 5.41) is 5.18. The Morgan fingerprint density at radius 1 is 1.19 bits per heavy atom. The molecule has 5 heteroatoms. The van der Waals surface area contributed by atoms with Gasteiger partial charge in [0.15, 0.2) is 0 Å². The van der Waals surface area contributed by atoms with Gasteiger partial charge in [-0.15, -0.1) is 0 Å². The fourth-order valence-corrected chi connectivity index (χ4v) is 1.76. The molecule has 0 aromatic heterocycles. The number of benzene rings is 1. The molecule has 0 aliphatic rings. The first kappa shape index (κ1) is 17.0. The van der Waals surface area contributed by atoms with E-state index in [1.54, 1.807) is 6.92 Å². The van der Waals surface area contributed by atoms with Gasteiger partial charge < -0.3 is 15.4 Å². The van der Waals surface area contributed by atoms with E-state index >= 15 is 0 Å². The van der Waals surface area contributed by atoms with Crippen LogP contribution in [0.2, 0.25) is 0 Å². The van der Waals surface area contributed by atoms with Gasteiger partial charge in [-0.25, -0.2) is 4.79 Å². The molecule has 0 bridgehead atoms. The van der Waals surface area contributed by atoms with Gasteiger partial charge in [0.05, 0.1) is 6.61 Å². The Balaban J connectivity index is 2.45. The molecular formula is C16H24N2O3. The van der Waals surface area contributed by atoms with Gasteiger partial charge in [-0.05, 0) is 23.5 Å². The topological polar surface area (TPSA) is 67.4 Å². The molecule has 2 N–H and O–H groups in total. The number of carbonyl (C=O) groups is 2. The normalized spacial score (nSPS) is 10.9. The predicted molar refractivity (Wildman–Crippen MR) is 82.0 cm³/mol. The Labute approximate surface area is 126 Å². The maximum Gasteiger partial charge on any atom is 0.325 e. The standard InChI is InChI=1S/C16H24N2O3/c1-5-21-14(19)11-18-15(20)17-10-12-7-6-8-13(9-12)16(2,3)4/h6-9H,5,10-11H2,1-4H3,(H2,17,18,20). The predicted octanol–water partition coefficient (Wildman–Crippen LogP) is 2.35. The second-order valence-corrected chi connectivity index (χ2v) is 5.79. The number of hydrogen-bond acceptors (Lipinski definition) is 3. The van der Waals surface area contributed by atoms with E-state index in [1.807, 2.05) is 12.1 Å². The Morgan fingerprint density at radius 3 is 2.52 bits per heavy atom. The van der Waals surface area contributed by atoms with Crippen molar-refractivity contribution in [2.45, 2.75) is 39.7 Å². The molecule has 0 aliphatic carbocycles. The zero-order valence-corrected chi connectivity index (χ0v) is 13.2. The van der Waals surface area contributed by atoms with E-state index in [0.717, 1.165) is 5.56 Å². The van der Waals surface area contributed by atoms with E-state index in [4.69, 9.17) is 4.74 Å². The minimum atomic E-state index is -0.442. The lowest BCUT2D eigenvalue weighted by Gasteiger charge is -2.19. The molecule has 116 valence electrons. The van der Waals surface area contributed by atoms with Crippen LogP contribution in [0.4, 0.5) is 4.79 Å². The van der Waals surface area contributed by atoms with Gasteiger partial charge in [0, 0.05) is 6.54 Å². The second kappa shape index (κ2) is 7.67. The Hall–Kier alpha value is -2.04. The smallest absolute Gasteiger partial charge is 0.325 e. The zero-order chi connectivity index (χ0) is 15.9. The van der Waals surface area contributed by atoms with E-state index in [2.05, 4.69) is 43.5 Å². The van der Waals surface area contributed by atoms with Crippen molar-refractivity contribution in [3.8, 4) is 0 Å². The third-order valence-electron chi connectivity index (χ3n) is 2.94. The SMILES string of the molecule is CCOC(=O)CNC(=O)NCc1cccc(C(C)(C)C)c1. The lowest BCUT2D eigenvalue weighted by atomic mass is 9.86. The van der Waals surface area contributed by atoms with Crippen molar-refractivity contribution >= 4 is 12.0 Å². The number of amides is 2. The quantitative estimate of drug-likeness (QED) is 0.819. The summed E-state index contributed by atoms with van der Waals surface area (Å²) >= 11 is 0. The average Bonchev–Trinajstić information content (AvgIpc) is 2.42. The van der Waals surface area contributed by atoms with Crippen molar-refractivity contribution in [3.63, 3.8) is 0 Å². The van der Waals surface area contributed by atoms with Crippen LogP contribution in [0.15, 0.2) is 24.3 Å². The molecular weight excluding hydrogens is 268 g/mol. The summed E-state index contributed by atoms with van der Waals surface area (Å²) in [6, 6.07) is 7.70. The summed E-state index contributed by atoms with van der Waals surface area (Å²) in [5.41, 5.74) is 2.31. The van der Waals surface area contributed by atoms with Crippen molar-refractivity contribution in [1.82, 2.24) is 10.6 Å². The van der Waals surface area contributed by atoms with E-state index in [1.165, 1.54) is 5.56 Å². The summed E-state index contributed by atoms with van der Waals surface area (Å²) in [6.45, 7) is 8.75. The molecule has 0 aliphatic heterocycles. The van der Waals surface area contributed by atoms with E-state index < -0.39 is 5.97 Å². The fraction of sp³-hybridized carbons (Fsp3) is 0.500. The van der Waals surface area contributed by atoms with Crippen molar-refractivity contribution in [2.75, 3.05) is 13.2 Å². The van der Waals surface area contributed by atoms with Crippen LogP contribution in [0.1, 0.15) is 38.8 Å². The van der Waals surface area contributed by atoms with Gasteiger partial charge in [-0.1, -0.05) is 45.0 Å². The van der Waals surface area contributed by atoms with Crippen LogP contribution in [0.5, 0.6) is 0 Å². The lowest BCUT2D eigenvalue weighted by molar-refractivity contribution is -0.141. The highest BCUT2D eigenvalue weighted by Gasteiger charge is 2.13. The summed E-state index contributed by atoms with van der Waals surface area (Å²) < 4.78 is 4.73. The van der Waals surface area contributed by atoms with E-state index in [0.29, 0.717) is 13.2 Å². The van der Waals surface area contributed by atoms with Gasteiger partial charge in [-0.3, -0.25) is 4.79 Å². The molecule has 0 saturated heterocycles. The molecule has 2 amide bonds. The molecule has 0 unspecified atom stereocenters. The minimum absolute atomic E-state index is 0.0716. The highest BCUT2D eigenvalue weighted by molar-refractivity contribution is 5.80. The number of hydrogen-bond donors (Lipinski definition) is 2. The number of rotatable bonds is 5. The van der Waals surface area contributed by atoms with Crippen LogP contribution in [0.25, 0.3) is 0 Å². The molecule has 5 nitrogen and oxygen atoms in total. The van der Waals surface area contributed by atoms with Crippen molar-refractivity contribution in [1.29, 1.82) is 0 Å². The molecule has 0 fully saturated rings. The van der Waals surface area contributed by atoms with Crippen LogP contribution >= 0.6 is 0 Å². The largest absolute Gasteiger partial charge is 0.465 e. The van der Waals surface area contributed by atoms with Gasteiger partial charge in [0.1, 0.15) is 6.54 Å². The molecule has 0 saturated carbocycles.